The quantitative estimate of drug-likeness (QED) is 0.920. The van der Waals surface area contributed by atoms with Crippen LogP contribution in [0.4, 0.5) is 0 Å². The highest BCUT2D eigenvalue weighted by Crippen LogP contribution is 2.37. The molecule has 1 amide bonds. The summed E-state index contributed by atoms with van der Waals surface area (Å²) in [6, 6.07) is 6.95. The molecule has 2 atom stereocenters. The highest BCUT2D eigenvalue weighted by atomic mass is 32.1. The van der Waals surface area contributed by atoms with Crippen LogP contribution in [0.3, 0.4) is 0 Å². The summed E-state index contributed by atoms with van der Waals surface area (Å²) in [6.07, 6.45) is 2.88. The van der Waals surface area contributed by atoms with E-state index in [1.807, 2.05) is 17.5 Å². The third-order valence-corrected chi connectivity index (χ3v) is 4.97. The third kappa shape index (κ3) is 2.92. The number of amides is 1. The summed E-state index contributed by atoms with van der Waals surface area (Å²) in [4.78, 5) is 26.7. The molecule has 2 aromatic heterocycles. The van der Waals surface area contributed by atoms with Gasteiger partial charge in [0.15, 0.2) is 0 Å². The fourth-order valence-corrected chi connectivity index (χ4v) is 3.67. The molecule has 2 unspecified atom stereocenters. The minimum Gasteiger partial charge on any atom is -0.481 e. The van der Waals surface area contributed by atoms with Gasteiger partial charge in [-0.1, -0.05) is 6.07 Å². The fraction of sp³-hybridized carbons (Fsp3) is 0.375. The lowest BCUT2D eigenvalue weighted by atomic mass is 9.87. The molecule has 0 saturated carbocycles. The summed E-state index contributed by atoms with van der Waals surface area (Å²) >= 11 is 1.64. The van der Waals surface area contributed by atoms with E-state index in [0.29, 0.717) is 18.7 Å². The Labute approximate surface area is 132 Å². The van der Waals surface area contributed by atoms with E-state index in [0.717, 1.165) is 6.42 Å². The number of carbonyl (C=O) groups excluding carboxylic acids is 1. The minimum atomic E-state index is -0.880. The lowest BCUT2D eigenvalue weighted by Gasteiger charge is -2.38. The molecule has 5 nitrogen and oxygen atoms in total. The van der Waals surface area contributed by atoms with Gasteiger partial charge in [0.2, 0.25) is 5.91 Å². The molecule has 3 rings (SSSR count). The van der Waals surface area contributed by atoms with Gasteiger partial charge in [0, 0.05) is 17.8 Å². The molecule has 1 fully saturated rings. The van der Waals surface area contributed by atoms with Gasteiger partial charge in [-0.15, -0.1) is 11.3 Å². The highest BCUT2D eigenvalue weighted by molar-refractivity contribution is 7.09. The number of likely N-dealkylation sites (tertiary alicyclic amines) is 1. The maximum Gasteiger partial charge on any atom is 0.309 e. The third-order valence-electron chi connectivity index (χ3n) is 4.04. The average Bonchev–Trinajstić information content (AvgIpc) is 3.18. The molecule has 1 saturated heterocycles. The zero-order chi connectivity index (χ0) is 15.5. The molecular weight excluding hydrogens is 302 g/mol. The second-order valence-corrected chi connectivity index (χ2v) is 6.39. The molecule has 6 heteroatoms. The second kappa shape index (κ2) is 6.36. The predicted molar refractivity (Wildman–Crippen MR) is 81.5 cm³/mol. The van der Waals surface area contributed by atoms with Crippen molar-refractivity contribution in [3.8, 4) is 0 Å². The molecule has 0 aromatic carbocycles. The maximum absolute atomic E-state index is 12.3. The topological polar surface area (TPSA) is 70.8 Å². The van der Waals surface area contributed by atoms with Gasteiger partial charge >= 0.3 is 5.97 Å². The van der Waals surface area contributed by atoms with Crippen molar-refractivity contribution < 1.29 is 19.1 Å². The number of aliphatic carboxylic acids is 1. The van der Waals surface area contributed by atoms with E-state index in [1.54, 1.807) is 28.4 Å². The summed E-state index contributed by atoms with van der Waals surface area (Å²) < 4.78 is 5.41. The van der Waals surface area contributed by atoms with Crippen LogP contribution in [0.1, 0.15) is 29.5 Å². The molecule has 0 bridgehead atoms. The van der Waals surface area contributed by atoms with Gasteiger partial charge in [-0.3, -0.25) is 9.59 Å². The first kappa shape index (κ1) is 14.8. The Morgan fingerprint density at radius 2 is 2.27 bits per heavy atom. The number of carboxylic acid groups (broad SMARTS) is 1. The zero-order valence-electron chi connectivity index (χ0n) is 12.0. The first-order valence-electron chi connectivity index (χ1n) is 7.25. The van der Waals surface area contributed by atoms with Crippen molar-refractivity contribution in [1.82, 2.24) is 4.90 Å². The smallest absolute Gasteiger partial charge is 0.309 e. The van der Waals surface area contributed by atoms with Crippen molar-refractivity contribution >= 4 is 23.2 Å². The molecule has 2 aromatic rings. The first-order chi connectivity index (χ1) is 10.7. The lowest BCUT2D eigenvalue weighted by molar-refractivity contribution is -0.152. The van der Waals surface area contributed by atoms with Crippen molar-refractivity contribution in [2.24, 2.45) is 5.92 Å². The number of piperidine rings is 1. The Bertz CT molecular complexity index is 635. The van der Waals surface area contributed by atoms with E-state index >= 15 is 0 Å². The normalized spacial score (nSPS) is 22.0. The monoisotopic (exact) mass is 319 g/mol. The molecule has 1 aliphatic rings. The summed E-state index contributed by atoms with van der Waals surface area (Å²) in [7, 11) is 0. The van der Waals surface area contributed by atoms with Crippen molar-refractivity contribution in [2.45, 2.75) is 25.3 Å². The number of carbonyl (C=O) groups is 2. The van der Waals surface area contributed by atoms with E-state index < -0.39 is 17.9 Å². The summed E-state index contributed by atoms with van der Waals surface area (Å²) in [5.41, 5.74) is 0. The number of hydrogen-bond donors (Lipinski definition) is 1. The second-order valence-electron chi connectivity index (χ2n) is 5.36. The van der Waals surface area contributed by atoms with Gasteiger partial charge in [-0.2, -0.15) is 0 Å². The standard InChI is InChI=1S/C16H17NO4S/c18-14-6-5-12(16(19)20)15(13-4-1-9-21-13)17(14)8-7-11-3-2-10-22-11/h1-4,9-10,12,15H,5-8H2,(H,19,20). The predicted octanol–water partition coefficient (Wildman–Crippen LogP) is 2.95. The minimum absolute atomic E-state index is 0.00421. The van der Waals surface area contributed by atoms with Gasteiger partial charge in [-0.25, -0.2) is 0 Å². The van der Waals surface area contributed by atoms with Crippen LogP contribution >= 0.6 is 11.3 Å². The van der Waals surface area contributed by atoms with Gasteiger partial charge in [0.05, 0.1) is 12.2 Å². The van der Waals surface area contributed by atoms with E-state index in [4.69, 9.17) is 4.42 Å². The largest absolute Gasteiger partial charge is 0.481 e. The van der Waals surface area contributed by atoms with Crippen molar-refractivity contribution in [1.29, 1.82) is 0 Å². The van der Waals surface area contributed by atoms with Crippen LogP contribution in [-0.4, -0.2) is 28.4 Å². The Morgan fingerprint density at radius 3 is 2.91 bits per heavy atom. The summed E-state index contributed by atoms with van der Waals surface area (Å²) in [5.74, 6) is -0.954. The summed E-state index contributed by atoms with van der Waals surface area (Å²) in [6.45, 7) is 0.508. The number of hydrogen-bond acceptors (Lipinski definition) is 4. The fourth-order valence-electron chi connectivity index (χ4n) is 2.97. The van der Waals surface area contributed by atoms with Crippen LogP contribution in [0.25, 0.3) is 0 Å². The van der Waals surface area contributed by atoms with Crippen LogP contribution in [-0.2, 0) is 16.0 Å². The zero-order valence-corrected chi connectivity index (χ0v) is 12.8. The van der Waals surface area contributed by atoms with Crippen molar-refractivity contribution in [3.63, 3.8) is 0 Å². The molecular formula is C16H17NO4S. The number of furan rings is 1. The number of rotatable bonds is 5. The Hall–Kier alpha value is -2.08. The molecule has 1 N–H and O–H groups in total. The van der Waals surface area contributed by atoms with Crippen LogP contribution < -0.4 is 0 Å². The molecule has 1 aliphatic heterocycles. The maximum atomic E-state index is 12.3. The Kier molecular flexibility index (Phi) is 4.29. The average molecular weight is 319 g/mol. The van der Waals surface area contributed by atoms with Crippen LogP contribution in [0, 0.1) is 5.92 Å². The van der Waals surface area contributed by atoms with Gasteiger partial charge in [0.1, 0.15) is 11.8 Å². The Balaban J connectivity index is 1.85. The molecule has 3 heterocycles. The lowest BCUT2D eigenvalue weighted by Crippen LogP contribution is -2.46. The number of thiophene rings is 1. The first-order valence-corrected chi connectivity index (χ1v) is 8.13. The molecule has 0 radical (unpaired) electrons. The van der Waals surface area contributed by atoms with E-state index in [1.165, 1.54) is 11.1 Å². The Morgan fingerprint density at radius 1 is 1.41 bits per heavy atom. The molecule has 0 spiro atoms. The van der Waals surface area contributed by atoms with Gasteiger partial charge in [-0.05, 0) is 36.4 Å². The van der Waals surface area contributed by atoms with Crippen LogP contribution in [0.15, 0.2) is 40.3 Å². The van der Waals surface area contributed by atoms with E-state index in [2.05, 4.69) is 0 Å². The number of carboxylic acids is 1. The molecule has 0 aliphatic carbocycles. The van der Waals surface area contributed by atoms with E-state index in [9.17, 15) is 14.7 Å². The van der Waals surface area contributed by atoms with Gasteiger partial charge < -0.3 is 14.4 Å². The van der Waals surface area contributed by atoms with Crippen LogP contribution in [0.5, 0.6) is 0 Å². The SMILES string of the molecule is O=C(O)C1CCC(=O)N(CCc2cccs2)C1c1ccco1. The highest BCUT2D eigenvalue weighted by Gasteiger charge is 2.41. The molecule has 22 heavy (non-hydrogen) atoms. The van der Waals surface area contributed by atoms with Gasteiger partial charge in [0.25, 0.3) is 0 Å². The summed E-state index contributed by atoms with van der Waals surface area (Å²) in [5, 5.41) is 11.5. The number of nitrogens with zero attached hydrogens (tertiary/aromatic N) is 1. The van der Waals surface area contributed by atoms with Crippen LogP contribution in [0.2, 0.25) is 0 Å². The van der Waals surface area contributed by atoms with Crippen molar-refractivity contribution in [3.05, 3.63) is 46.5 Å². The van der Waals surface area contributed by atoms with E-state index in [-0.39, 0.29) is 12.3 Å². The van der Waals surface area contributed by atoms with Crippen molar-refractivity contribution in [2.75, 3.05) is 6.54 Å². The molecule has 116 valence electrons.